The average molecular weight is 1560 g/mol. The molecule has 0 fully saturated rings. The molecule has 17 aromatic carbocycles. The maximum atomic E-state index is 6.59. The van der Waals surface area contributed by atoms with E-state index in [0.29, 0.717) is 0 Å². The summed E-state index contributed by atoms with van der Waals surface area (Å²) in [5.74, 6) is 0. The largest absolute Gasteiger partial charge is 0.456 e. The van der Waals surface area contributed by atoms with Crippen molar-refractivity contribution < 1.29 is 22.1 Å². The Morgan fingerprint density at radius 3 is 1.12 bits per heavy atom. The van der Waals surface area contributed by atoms with E-state index < -0.39 is 0 Å². The molecule has 0 aliphatic rings. The van der Waals surface area contributed by atoms with Gasteiger partial charge in [-0.1, -0.05) is 218 Å². The molecule has 0 radical (unpaired) electrons. The fourth-order valence-electron chi connectivity index (χ4n) is 20.6. The topological polar surface area (TPSA) is 143 Å². The van der Waals surface area contributed by atoms with Crippen LogP contribution in [0.4, 0.5) is 0 Å². The van der Waals surface area contributed by atoms with Gasteiger partial charge < -0.3 is 22.1 Å². The summed E-state index contributed by atoms with van der Waals surface area (Å²) in [5, 5.41) is 23.8. The summed E-state index contributed by atoms with van der Waals surface area (Å²) in [4.78, 5) is 26.0. The standard InChI is InChI=1S/C39H20N2O2.C38H19N3O2.C32H17N3O/c1-4-10-31-23(7-1)18-30-36-37-28(20-29-26-9-3-6-12-34(26)43-38(29)36)24-15-13-22(19-32(24)41(37)39(30)40-31)21-14-16-35-27(17-21)25-8-2-5-11-33(25)42-35;1-5-14-30-22(8-1)25-18-20(16-17-32(25)42-30)21-10-7-11-24-26-19-27-23-9-2-6-15-31(23)43-37(27)33-34-38(41(35(21)24)36(26)33)40-29-13-4-3-12-28(29)39-34;1-2-8-18(9-3-1)19-14-15-20-22-17-23-21-10-4-7-13-27(21)36-31(23)28-29-32(35(30(22)28)26(20)16-19)34-25-12-6-5-11-24(25)33-29/h1-20H;1-19H;1-17H. The second-order valence-corrected chi connectivity index (χ2v) is 32.3. The number of hydrogen-bond donors (Lipinski definition) is 0. The smallest absolute Gasteiger partial charge is 0.165 e. The molecule has 562 valence electrons. The minimum absolute atomic E-state index is 0.837. The quantitative estimate of drug-likeness (QED) is 0.168. The van der Waals surface area contributed by atoms with E-state index in [0.717, 1.165) is 248 Å². The van der Waals surface area contributed by atoms with Crippen molar-refractivity contribution in [1.82, 2.24) is 38.1 Å². The minimum Gasteiger partial charge on any atom is -0.456 e. The van der Waals surface area contributed by atoms with Crippen molar-refractivity contribution in [3.63, 3.8) is 0 Å². The first-order valence-electron chi connectivity index (χ1n) is 41.1. The van der Waals surface area contributed by atoms with Gasteiger partial charge in [0.2, 0.25) is 0 Å². The molecule has 0 amide bonds. The van der Waals surface area contributed by atoms with Crippen molar-refractivity contribution in [3.8, 4) is 33.4 Å². The molecular weight excluding hydrogens is 1500 g/mol. The van der Waals surface area contributed by atoms with E-state index in [1.165, 1.54) is 43.4 Å². The predicted octanol–water partition coefficient (Wildman–Crippen LogP) is 29.4. The van der Waals surface area contributed by atoms with Crippen molar-refractivity contribution in [2.24, 2.45) is 0 Å². The van der Waals surface area contributed by atoms with Gasteiger partial charge in [0.25, 0.3) is 0 Å². The van der Waals surface area contributed by atoms with E-state index in [4.69, 9.17) is 47.0 Å². The van der Waals surface area contributed by atoms with Crippen LogP contribution >= 0.6 is 0 Å². The van der Waals surface area contributed by atoms with E-state index in [1.807, 2.05) is 103 Å². The van der Waals surface area contributed by atoms with Gasteiger partial charge in [-0.25, -0.2) is 24.9 Å². The lowest BCUT2D eigenvalue weighted by Crippen LogP contribution is -1.90. The Morgan fingerprint density at radius 2 is 0.566 bits per heavy atom. The predicted molar refractivity (Wildman–Crippen MR) is 497 cm³/mol. The number of rotatable bonds is 3. The van der Waals surface area contributed by atoms with Gasteiger partial charge in [0.15, 0.2) is 11.3 Å². The van der Waals surface area contributed by atoms with E-state index in [2.05, 4.69) is 250 Å². The molecule has 31 rings (SSSR count). The fraction of sp³-hybridized carbons (Fsp3) is 0. The number of nitrogens with zero attached hydrogens (tertiary/aromatic N) is 8. The number of para-hydroxylation sites is 11. The molecule has 0 spiro atoms. The summed E-state index contributed by atoms with van der Waals surface area (Å²) >= 11 is 0. The highest BCUT2D eigenvalue weighted by Crippen LogP contribution is 2.52. The maximum Gasteiger partial charge on any atom is 0.165 e. The molecule has 0 aliphatic heterocycles. The summed E-state index contributed by atoms with van der Waals surface area (Å²) in [6.45, 7) is 0. The molecule has 31 aromatic rings. The van der Waals surface area contributed by atoms with E-state index >= 15 is 0 Å². The zero-order chi connectivity index (χ0) is 79.0. The molecule has 0 bridgehead atoms. The molecule has 0 saturated heterocycles. The first kappa shape index (κ1) is 64.4. The van der Waals surface area contributed by atoms with Crippen LogP contribution in [0, 0.1) is 0 Å². The van der Waals surface area contributed by atoms with Crippen LogP contribution in [0.15, 0.2) is 362 Å². The summed E-state index contributed by atoms with van der Waals surface area (Å²) in [7, 11) is 0. The van der Waals surface area contributed by atoms with Gasteiger partial charge in [-0.3, -0.25) is 13.2 Å². The third-order valence-electron chi connectivity index (χ3n) is 25.9. The lowest BCUT2D eigenvalue weighted by molar-refractivity contribution is 0.668. The third-order valence-corrected chi connectivity index (χ3v) is 25.9. The molecule has 122 heavy (non-hydrogen) atoms. The van der Waals surface area contributed by atoms with Gasteiger partial charge >= 0.3 is 0 Å². The zero-order valence-electron chi connectivity index (χ0n) is 64.5. The third kappa shape index (κ3) is 8.65. The highest BCUT2D eigenvalue weighted by atomic mass is 16.3. The van der Waals surface area contributed by atoms with Gasteiger partial charge in [-0.05, 0) is 149 Å². The molecule has 0 aliphatic carbocycles. The molecule has 0 saturated carbocycles. The van der Waals surface area contributed by atoms with Crippen molar-refractivity contribution in [2.45, 2.75) is 0 Å². The molecule has 13 heteroatoms. The van der Waals surface area contributed by atoms with Crippen molar-refractivity contribution in [1.29, 1.82) is 0 Å². The normalized spacial score (nSPS) is 12.6. The van der Waals surface area contributed by atoms with E-state index in [9.17, 15) is 0 Å². The lowest BCUT2D eigenvalue weighted by Gasteiger charge is -2.07. The lowest BCUT2D eigenvalue weighted by atomic mass is 9.99. The Kier molecular flexibility index (Phi) is 12.4. The summed E-state index contributed by atoms with van der Waals surface area (Å²) in [6.07, 6.45) is 0. The number of pyridine rings is 1. The summed E-state index contributed by atoms with van der Waals surface area (Å²) < 4.78 is 38.9. The van der Waals surface area contributed by atoms with Gasteiger partial charge in [0.1, 0.15) is 72.5 Å². The second kappa shape index (κ2) is 23.5. The summed E-state index contributed by atoms with van der Waals surface area (Å²) in [5.41, 5.74) is 31.5. The van der Waals surface area contributed by atoms with Gasteiger partial charge in [-0.2, -0.15) is 0 Å². The van der Waals surface area contributed by atoms with Gasteiger partial charge in [-0.15, -0.1) is 0 Å². The van der Waals surface area contributed by atoms with Crippen LogP contribution in [0.25, 0.3) is 291 Å². The molecule has 0 N–H and O–H groups in total. The van der Waals surface area contributed by atoms with E-state index in [-0.39, 0.29) is 0 Å². The fourth-order valence-corrected chi connectivity index (χ4v) is 20.6. The van der Waals surface area contributed by atoms with Crippen molar-refractivity contribution >= 4 is 258 Å². The minimum atomic E-state index is 0.837. The van der Waals surface area contributed by atoms with Crippen LogP contribution in [0.1, 0.15) is 0 Å². The maximum absolute atomic E-state index is 6.59. The number of fused-ring (bicyclic) bond motifs is 39. The van der Waals surface area contributed by atoms with Crippen LogP contribution in [0.2, 0.25) is 0 Å². The first-order valence-corrected chi connectivity index (χ1v) is 41.1. The monoisotopic (exact) mass is 1560 g/mol. The Morgan fingerprint density at radius 1 is 0.189 bits per heavy atom. The van der Waals surface area contributed by atoms with Crippen LogP contribution in [0.3, 0.4) is 0 Å². The molecular formula is C109H56N8O5. The highest BCUT2D eigenvalue weighted by Gasteiger charge is 2.31. The number of furan rings is 5. The van der Waals surface area contributed by atoms with Crippen LogP contribution < -0.4 is 0 Å². The molecule has 0 atom stereocenters. The Bertz CT molecular complexity index is 10000. The molecule has 13 nitrogen and oxygen atoms in total. The van der Waals surface area contributed by atoms with E-state index in [1.54, 1.807) is 0 Å². The van der Waals surface area contributed by atoms with Gasteiger partial charge in [0.05, 0.1) is 76.8 Å². The number of hydrogen-bond acceptors (Lipinski definition) is 10. The van der Waals surface area contributed by atoms with Crippen LogP contribution in [-0.4, -0.2) is 38.1 Å². The second-order valence-electron chi connectivity index (χ2n) is 32.3. The molecule has 14 heterocycles. The Balaban J connectivity index is 0.0000000927. The average Bonchev–Trinajstić information content (AvgIpc) is 1.53. The zero-order valence-corrected chi connectivity index (χ0v) is 64.5. The van der Waals surface area contributed by atoms with Crippen molar-refractivity contribution in [2.75, 3.05) is 0 Å². The molecule has 14 aromatic heterocycles. The number of aromatic nitrogens is 8. The van der Waals surface area contributed by atoms with Crippen molar-refractivity contribution in [3.05, 3.63) is 340 Å². The first-order chi connectivity index (χ1) is 60.5. The molecule has 0 unspecified atom stereocenters. The summed E-state index contributed by atoms with van der Waals surface area (Å²) in [6, 6.07) is 119. The SMILES string of the molecule is c1ccc(-c2ccc3c4cc5c6ccccc6oc5c5c6nc7ccccc7nc6n(c3c2)c45)cc1.c1ccc2nc3c(cc2c1)c1c2oc4ccccc4c2cc2c4ccc(-c5ccc6oc7ccccc7c6c5)cc4n3c21.c1ccc2nc3c(nc2c1)c1c2oc4ccccc4c2cc2c4cccc(-c5ccc6oc7ccccc7c6c5)c4n3c21. The highest BCUT2D eigenvalue weighted by molar-refractivity contribution is 6.36. The Hall–Kier alpha value is -16.8. The van der Waals surface area contributed by atoms with Gasteiger partial charge in [0, 0.05) is 103 Å². The van der Waals surface area contributed by atoms with Crippen LogP contribution in [0.5, 0.6) is 0 Å². The van der Waals surface area contributed by atoms with Crippen LogP contribution in [-0.2, 0) is 0 Å². The number of benzene rings is 17. The Labute approximate surface area is 686 Å².